The van der Waals surface area contributed by atoms with Crippen molar-refractivity contribution >= 4 is 15.7 Å². The molecule has 4 rings (SSSR count). The molecule has 0 aliphatic heterocycles. The Morgan fingerprint density at radius 2 is 1.53 bits per heavy atom. The van der Waals surface area contributed by atoms with Crippen molar-refractivity contribution in [3.8, 4) is 0 Å². The normalized spacial score (nSPS) is 42.1. The number of hydrogen-bond acceptors (Lipinski definition) is 3. The van der Waals surface area contributed by atoms with Crippen LogP contribution in [0.4, 0.5) is 0 Å². The number of sulfone groups is 1. The van der Waals surface area contributed by atoms with Gasteiger partial charge in [-0.3, -0.25) is 4.79 Å². The molecule has 1 amide bonds. The van der Waals surface area contributed by atoms with E-state index >= 15 is 0 Å². The lowest BCUT2D eigenvalue weighted by atomic mass is 9.54. The van der Waals surface area contributed by atoms with Gasteiger partial charge >= 0.3 is 0 Å². The third-order valence-corrected chi connectivity index (χ3v) is 7.05. The molecule has 0 radical (unpaired) electrons. The molecule has 1 atom stereocenters. The average molecular weight is 285 g/mol. The Morgan fingerprint density at radius 3 is 1.95 bits per heavy atom. The second-order valence-electron chi connectivity index (χ2n) is 6.94. The summed E-state index contributed by atoms with van der Waals surface area (Å²) in [6.45, 7) is 1.49. The standard InChI is InChI=1S/C14H23NO3S/c1-8(19(2,17)18)14(16)15-13-11-4-9-3-10(6-11)7-12(13)5-9/h8-13H,3-7H2,1-2H3,(H,15,16)/t8-,9?,10?,11?,12?,13?/m0/s1. The zero-order chi connectivity index (χ0) is 13.8. The van der Waals surface area contributed by atoms with Gasteiger partial charge < -0.3 is 5.32 Å². The molecule has 4 nitrogen and oxygen atoms in total. The Hall–Kier alpha value is -0.580. The summed E-state index contributed by atoms with van der Waals surface area (Å²) in [4.78, 5) is 12.1. The summed E-state index contributed by atoms with van der Waals surface area (Å²) in [6, 6.07) is 0.226. The maximum Gasteiger partial charge on any atom is 0.238 e. The summed E-state index contributed by atoms with van der Waals surface area (Å²) in [5.74, 6) is 2.60. The average Bonchev–Trinajstić information content (AvgIpc) is 2.30. The van der Waals surface area contributed by atoms with E-state index in [1.165, 1.54) is 39.0 Å². The number of nitrogens with one attached hydrogen (secondary N) is 1. The fourth-order valence-electron chi connectivity index (χ4n) is 4.64. The lowest BCUT2D eigenvalue weighted by Gasteiger charge is -2.54. The summed E-state index contributed by atoms with van der Waals surface area (Å²) in [6.07, 6.45) is 7.42. The Labute approximate surface area is 115 Å². The van der Waals surface area contributed by atoms with Gasteiger partial charge in [0, 0.05) is 12.3 Å². The first-order valence-electron chi connectivity index (χ1n) is 7.34. The Balaban J connectivity index is 1.69. The molecule has 5 heteroatoms. The van der Waals surface area contributed by atoms with E-state index in [0.717, 1.165) is 18.1 Å². The van der Waals surface area contributed by atoms with E-state index in [-0.39, 0.29) is 11.9 Å². The predicted octanol–water partition coefficient (Wildman–Crippen LogP) is 1.36. The third-order valence-electron chi connectivity index (χ3n) is 5.55. The minimum atomic E-state index is -3.29. The van der Waals surface area contributed by atoms with Crippen LogP contribution in [0.1, 0.15) is 39.0 Å². The summed E-state index contributed by atoms with van der Waals surface area (Å²) in [5.41, 5.74) is 0. The minimum Gasteiger partial charge on any atom is -0.352 e. The first-order valence-corrected chi connectivity index (χ1v) is 9.29. The molecule has 4 fully saturated rings. The molecule has 0 spiro atoms. The zero-order valence-electron chi connectivity index (χ0n) is 11.6. The van der Waals surface area contributed by atoms with Crippen LogP contribution in [-0.2, 0) is 14.6 Å². The molecule has 0 unspecified atom stereocenters. The largest absolute Gasteiger partial charge is 0.352 e. The van der Waals surface area contributed by atoms with Crippen LogP contribution < -0.4 is 5.32 Å². The van der Waals surface area contributed by atoms with Crippen molar-refractivity contribution in [1.29, 1.82) is 0 Å². The molecule has 4 saturated carbocycles. The van der Waals surface area contributed by atoms with Gasteiger partial charge in [-0.15, -0.1) is 0 Å². The second kappa shape index (κ2) is 4.47. The van der Waals surface area contributed by atoms with E-state index in [2.05, 4.69) is 5.32 Å². The van der Waals surface area contributed by atoms with Crippen molar-refractivity contribution in [3.05, 3.63) is 0 Å². The molecule has 0 aromatic heterocycles. The van der Waals surface area contributed by atoms with Gasteiger partial charge in [0.2, 0.25) is 5.91 Å². The Bertz CT molecular complexity index is 457. The van der Waals surface area contributed by atoms with Gasteiger partial charge in [0.25, 0.3) is 0 Å². The number of hydrogen-bond donors (Lipinski definition) is 1. The Kier molecular flexibility index (Phi) is 3.15. The maximum absolute atomic E-state index is 12.1. The van der Waals surface area contributed by atoms with Crippen molar-refractivity contribution < 1.29 is 13.2 Å². The first-order chi connectivity index (χ1) is 8.84. The second-order valence-corrected chi connectivity index (χ2v) is 9.30. The molecular formula is C14H23NO3S. The van der Waals surface area contributed by atoms with Gasteiger partial charge in [-0.05, 0) is 62.7 Å². The lowest BCUT2D eigenvalue weighted by molar-refractivity contribution is -0.124. The van der Waals surface area contributed by atoms with Crippen molar-refractivity contribution in [3.63, 3.8) is 0 Å². The van der Waals surface area contributed by atoms with Crippen molar-refractivity contribution in [2.24, 2.45) is 23.7 Å². The Morgan fingerprint density at radius 1 is 1.05 bits per heavy atom. The van der Waals surface area contributed by atoms with Gasteiger partial charge in [0.05, 0.1) is 0 Å². The summed E-state index contributed by atoms with van der Waals surface area (Å²) in [5, 5.41) is 2.12. The lowest BCUT2D eigenvalue weighted by Crippen LogP contribution is -2.57. The quantitative estimate of drug-likeness (QED) is 0.851. The van der Waals surface area contributed by atoms with Gasteiger partial charge in [-0.2, -0.15) is 0 Å². The van der Waals surface area contributed by atoms with Gasteiger partial charge in [0.1, 0.15) is 5.25 Å². The SMILES string of the molecule is C[C@@H](C(=O)NC1C2CC3CC(C2)CC1C3)S(C)(=O)=O. The molecule has 0 aromatic rings. The number of amides is 1. The maximum atomic E-state index is 12.1. The van der Waals surface area contributed by atoms with Crippen LogP contribution in [0.5, 0.6) is 0 Å². The van der Waals surface area contributed by atoms with Crippen LogP contribution in [0.25, 0.3) is 0 Å². The molecular weight excluding hydrogens is 262 g/mol. The van der Waals surface area contributed by atoms with Crippen LogP contribution in [0, 0.1) is 23.7 Å². The van der Waals surface area contributed by atoms with Crippen LogP contribution in [0.2, 0.25) is 0 Å². The van der Waals surface area contributed by atoms with Crippen LogP contribution >= 0.6 is 0 Å². The van der Waals surface area contributed by atoms with Crippen LogP contribution in [0.3, 0.4) is 0 Å². The van der Waals surface area contributed by atoms with Crippen LogP contribution in [0.15, 0.2) is 0 Å². The molecule has 108 valence electrons. The highest BCUT2D eigenvalue weighted by molar-refractivity contribution is 7.92. The summed E-state index contributed by atoms with van der Waals surface area (Å²) >= 11 is 0. The van der Waals surface area contributed by atoms with E-state index in [0.29, 0.717) is 11.8 Å². The molecule has 0 heterocycles. The van der Waals surface area contributed by atoms with Crippen LogP contribution in [-0.4, -0.2) is 31.9 Å². The van der Waals surface area contributed by atoms with Crippen molar-refractivity contribution in [2.45, 2.75) is 50.3 Å². The third kappa shape index (κ3) is 2.41. The highest BCUT2D eigenvalue weighted by Gasteiger charge is 2.49. The molecule has 19 heavy (non-hydrogen) atoms. The first kappa shape index (κ1) is 13.4. The molecule has 4 aliphatic rings. The summed E-state index contributed by atoms with van der Waals surface area (Å²) in [7, 11) is -3.29. The van der Waals surface area contributed by atoms with Gasteiger partial charge in [-0.25, -0.2) is 8.42 Å². The molecule has 0 saturated heterocycles. The molecule has 1 N–H and O–H groups in total. The number of carbonyl (C=O) groups excluding carboxylic acids is 1. The van der Waals surface area contributed by atoms with E-state index in [1.807, 2.05) is 0 Å². The van der Waals surface area contributed by atoms with E-state index in [4.69, 9.17) is 0 Å². The van der Waals surface area contributed by atoms with E-state index in [9.17, 15) is 13.2 Å². The fraction of sp³-hybridized carbons (Fsp3) is 0.929. The van der Waals surface area contributed by atoms with E-state index < -0.39 is 15.1 Å². The van der Waals surface area contributed by atoms with E-state index in [1.54, 1.807) is 0 Å². The van der Waals surface area contributed by atoms with Gasteiger partial charge in [0.15, 0.2) is 9.84 Å². The molecule has 4 aliphatic carbocycles. The monoisotopic (exact) mass is 285 g/mol. The molecule has 4 bridgehead atoms. The zero-order valence-corrected chi connectivity index (χ0v) is 12.4. The smallest absolute Gasteiger partial charge is 0.238 e. The predicted molar refractivity (Wildman–Crippen MR) is 73.3 cm³/mol. The minimum absolute atomic E-state index is 0.226. The van der Waals surface area contributed by atoms with Gasteiger partial charge in [-0.1, -0.05) is 0 Å². The fourth-order valence-corrected chi connectivity index (χ4v) is 5.09. The molecule has 0 aromatic carbocycles. The summed E-state index contributed by atoms with van der Waals surface area (Å²) < 4.78 is 22.9. The highest BCUT2D eigenvalue weighted by atomic mass is 32.2. The van der Waals surface area contributed by atoms with Crippen molar-refractivity contribution in [1.82, 2.24) is 5.32 Å². The number of carbonyl (C=O) groups is 1. The van der Waals surface area contributed by atoms with Crippen molar-refractivity contribution in [2.75, 3.05) is 6.26 Å². The topological polar surface area (TPSA) is 63.2 Å². The highest BCUT2D eigenvalue weighted by Crippen LogP contribution is 2.53. The number of rotatable bonds is 3.